The van der Waals surface area contributed by atoms with E-state index in [4.69, 9.17) is 5.73 Å². The lowest BCUT2D eigenvalue weighted by Gasteiger charge is -1.95. The summed E-state index contributed by atoms with van der Waals surface area (Å²) in [5.41, 5.74) is 7.54. The molecule has 2 aromatic rings. The fourth-order valence-corrected chi connectivity index (χ4v) is 1.70. The summed E-state index contributed by atoms with van der Waals surface area (Å²) in [5.74, 6) is 0.346. The van der Waals surface area contributed by atoms with E-state index in [0.29, 0.717) is 21.5 Å². The minimum atomic E-state index is 0.346. The lowest BCUT2D eigenvalue weighted by molar-refractivity contribution is 0.112. The number of benzene rings is 1. The Bertz CT molecular complexity index is 477. The number of aromatic amines is 1. The van der Waals surface area contributed by atoms with Gasteiger partial charge in [0.05, 0.1) is 9.99 Å². The zero-order valence-electron chi connectivity index (χ0n) is 6.54. The number of rotatable bonds is 1. The van der Waals surface area contributed by atoms with Crippen molar-refractivity contribution in [2.24, 2.45) is 0 Å². The maximum atomic E-state index is 10.6. The average molecular weight is 240 g/mol. The number of nitrogens with zero attached hydrogens (tertiary/aromatic N) is 1. The van der Waals surface area contributed by atoms with E-state index >= 15 is 0 Å². The monoisotopic (exact) mass is 239 g/mol. The summed E-state index contributed by atoms with van der Waals surface area (Å²) in [5, 5.41) is 0. The molecule has 0 bridgehead atoms. The van der Waals surface area contributed by atoms with Crippen LogP contribution in [0.5, 0.6) is 0 Å². The number of nitrogens with one attached hydrogen (secondary N) is 1. The van der Waals surface area contributed by atoms with Gasteiger partial charge in [0.2, 0.25) is 0 Å². The standard InChI is InChI=1S/C8H6BrN3O/c9-6-4(3-13)1-2-5-7(6)12-8(10)11-5/h1-3H,(H3,10,11,12). The molecule has 2 rings (SSSR count). The van der Waals surface area contributed by atoms with Crippen molar-refractivity contribution < 1.29 is 4.79 Å². The number of hydrogen-bond donors (Lipinski definition) is 2. The van der Waals surface area contributed by atoms with E-state index in [1.807, 2.05) is 0 Å². The van der Waals surface area contributed by atoms with Crippen molar-refractivity contribution in [1.82, 2.24) is 9.97 Å². The Hall–Kier alpha value is -1.36. The van der Waals surface area contributed by atoms with Crippen molar-refractivity contribution in [2.45, 2.75) is 0 Å². The van der Waals surface area contributed by atoms with Gasteiger partial charge in [-0.1, -0.05) is 0 Å². The first kappa shape index (κ1) is 8.25. The number of nitrogen functional groups attached to an aromatic ring is 1. The van der Waals surface area contributed by atoms with Crippen LogP contribution < -0.4 is 5.73 Å². The molecule has 0 aliphatic carbocycles. The van der Waals surface area contributed by atoms with Crippen LogP contribution in [-0.4, -0.2) is 16.3 Å². The van der Waals surface area contributed by atoms with Crippen molar-refractivity contribution >= 4 is 39.2 Å². The van der Waals surface area contributed by atoms with Gasteiger partial charge >= 0.3 is 0 Å². The van der Waals surface area contributed by atoms with Gasteiger partial charge in [-0.05, 0) is 28.1 Å². The normalized spacial score (nSPS) is 10.5. The molecule has 0 aliphatic heterocycles. The summed E-state index contributed by atoms with van der Waals surface area (Å²) >= 11 is 3.29. The highest BCUT2D eigenvalue weighted by Gasteiger charge is 2.07. The molecular formula is C8H6BrN3O. The molecule has 3 N–H and O–H groups in total. The highest BCUT2D eigenvalue weighted by Crippen LogP contribution is 2.25. The highest BCUT2D eigenvalue weighted by atomic mass is 79.9. The summed E-state index contributed by atoms with van der Waals surface area (Å²) in [6.07, 6.45) is 0.772. The number of aldehydes is 1. The third-order valence-corrected chi connectivity index (χ3v) is 2.60. The molecular weight excluding hydrogens is 234 g/mol. The minimum Gasteiger partial charge on any atom is -0.369 e. The molecule has 0 spiro atoms. The Balaban J connectivity index is 2.85. The fourth-order valence-electron chi connectivity index (χ4n) is 1.17. The molecule has 4 nitrogen and oxygen atoms in total. The summed E-state index contributed by atoms with van der Waals surface area (Å²) in [4.78, 5) is 17.5. The van der Waals surface area contributed by atoms with Crippen LogP contribution in [0.25, 0.3) is 11.0 Å². The number of anilines is 1. The second-order valence-corrected chi connectivity index (χ2v) is 3.40. The molecule has 5 heteroatoms. The number of imidazole rings is 1. The molecule has 0 radical (unpaired) electrons. The number of carbonyl (C=O) groups is 1. The average Bonchev–Trinajstić information content (AvgIpc) is 2.47. The quantitative estimate of drug-likeness (QED) is 0.745. The molecule has 0 unspecified atom stereocenters. The predicted molar refractivity (Wildman–Crippen MR) is 53.6 cm³/mol. The zero-order valence-corrected chi connectivity index (χ0v) is 8.13. The van der Waals surface area contributed by atoms with Crippen molar-refractivity contribution in [3.8, 4) is 0 Å². The van der Waals surface area contributed by atoms with Crippen LogP contribution in [0.2, 0.25) is 0 Å². The van der Waals surface area contributed by atoms with Crippen LogP contribution in [0.3, 0.4) is 0 Å². The van der Waals surface area contributed by atoms with Crippen LogP contribution in [0, 0.1) is 0 Å². The van der Waals surface area contributed by atoms with Crippen LogP contribution in [-0.2, 0) is 0 Å². The van der Waals surface area contributed by atoms with E-state index in [0.717, 1.165) is 11.8 Å². The van der Waals surface area contributed by atoms with E-state index in [9.17, 15) is 4.79 Å². The zero-order chi connectivity index (χ0) is 9.42. The molecule has 0 saturated heterocycles. The third-order valence-electron chi connectivity index (χ3n) is 1.77. The summed E-state index contributed by atoms with van der Waals surface area (Å²) in [7, 11) is 0. The maximum absolute atomic E-state index is 10.6. The molecule has 0 fully saturated rings. The van der Waals surface area contributed by atoms with E-state index in [2.05, 4.69) is 25.9 Å². The number of hydrogen-bond acceptors (Lipinski definition) is 3. The molecule has 1 heterocycles. The van der Waals surface area contributed by atoms with Crippen molar-refractivity contribution in [3.05, 3.63) is 22.2 Å². The number of fused-ring (bicyclic) bond motifs is 1. The first-order valence-electron chi connectivity index (χ1n) is 3.61. The van der Waals surface area contributed by atoms with Gasteiger partial charge in [-0.25, -0.2) is 4.98 Å². The Kier molecular flexibility index (Phi) is 1.81. The van der Waals surface area contributed by atoms with E-state index in [-0.39, 0.29) is 0 Å². The van der Waals surface area contributed by atoms with E-state index in [1.165, 1.54) is 0 Å². The van der Waals surface area contributed by atoms with Gasteiger partial charge < -0.3 is 10.7 Å². The van der Waals surface area contributed by atoms with Crippen LogP contribution in [0.1, 0.15) is 10.4 Å². The summed E-state index contributed by atoms with van der Waals surface area (Å²) in [6.45, 7) is 0. The van der Waals surface area contributed by atoms with Gasteiger partial charge in [0.25, 0.3) is 0 Å². The molecule has 0 atom stereocenters. The molecule has 1 aromatic carbocycles. The molecule has 66 valence electrons. The maximum Gasteiger partial charge on any atom is 0.198 e. The largest absolute Gasteiger partial charge is 0.369 e. The first-order valence-corrected chi connectivity index (χ1v) is 4.40. The Morgan fingerprint density at radius 1 is 1.54 bits per heavy atom. The van der Waals surface area contributed by atoms with Crippen LogP contribution in [0.4, 0.5) is 5.95 Å². The lowest BCUT2D eigenvalue weighted by Crippen LogP contribution is -1.84. The summed E-state index contributed by atoms with van der Waals surface area (Å²) < 4.78 is 0.674. The van der Waals surface area contributed by atoms with Gasteiger partial charge in [0.15, 0.2) is 12.2 Å². The van der Waals surface area contributed by atoms with Gasteiger partial charge in [-0.15, -0.1) is 0 Å². The predicted octanol–water partition coefficient (Wildman–Crippen LogP) is 1.72. The van der Waals surface area contributed by atoms with Crippen LogP contribution in [0.15, 0.2) is 16.6 Å². The van der Waals surface area contributed by atoms with Gasteiger partial charge in [-0.3, -0.25) is 4.79 Å². The fraction of sp³-hybridized carbons (Fsp3) is 0. The van der Waals surface area contributed by atoms with Crippen molar-refractivity contribution in [2.75, 3.05) is 5.73 Å². The highest BCUT2D eigenvalue weighted by molar-refractivity contribution is 9.10. The summed E-state index contributed by atoms with van der Waals surface area (Å²) in [6, 6.07) is 3.48. The molecule has 13 heavy (non-hydrogen) atoms. The number of halogens is 1. The van der Waals surface area contributed by atoms with E-state index < -0.39 is 0 Å². The number of nitrogens with two attached hydrogens (primary N) is 1. The van der Waals surface area contributed by atoms with Gasteiger partial charge in [0.1, 0.15) is 5.52 Å². The van der Waals surface area contributed by atoms with Crippen LogP contribution >= 0.6 is 15.9 Å². The minimum absolute atomic E-state index is 0.346. The smallest absolute Gasteiger partial charge is 0.198 e. The molecule has 1 aromatic heterocycles. The lowest BCUT2D eigenvalue weighted by atomic mass is 10.2. The van der Waals surface area contributed by atoms with Gasteiger partial charge in [0, 0.05) is 5.56 Å². The number of H-pyrrole nitrogens is 1. The van der Waals surface area contributed by atoms with Crippen molar-refractivity contribution in [3.63, 3.8) is 0 Å². The topological polar surface area (TPSA) is 71.8 Å². The van der Waals surface area contributed by atoms with Gasteiger partial charge in [-0.2, -0.15) is 0 Å². The Morgan fingerprint density at radius 3 is 3.00 bits per heavy atom. The SMILES string of the molecule is Nc1nc2c(Br)c(C=O)ccc2[nH]1. The van der Waals surface area contributed by atoms with Crippen molar-refractivity contribution in [1.29, 1.82) is 0 Å². The molecule has 0 amide bonds. The molecule has 0 aliphatic rings. The number of carbonyl (C=O) groups excluding carboxylic acids is 1. The Morgan fingerprint density at radius 2 is 2.31 bits per heavy atom. The second kappa shape index (κ2) is 2.85. The second-order valence-electron chi connectivity index (χ2n) is 2.60. The number of aromatic nitrogens is 2. The Labute approximate surface area is 82.3 Å². The van der Waals surface area contributed by atoms with E-state index in [1.54, 1.807) is 12.1 Å². The molecule has 0 saturated carbocycles. The first-order chi connectivity index (χ1) is 6.22. The third kappa shape index (κ3) is 1.21.